The molecule has 0 bridgehead atoms. The fraction of sp³-hybridized carbons (Fsp3) is 0. The topological polar surface area (TPSA) is 65.8 Å². The van der Waals surface area contributed by atoms with Gasteiger partial charge in [-0.3, -0.25) is 10.1 Å². The van der Waals surface area contributed by atoms with Gasteiger partial charge in [-0.2, -0.15) is 5.26 Å². The number of carbonyl (C=O) groups is 1. The highest BCUT2D eigenvalue weighted by Gasteiger charge is 2.12. The Hall–Kier alpha value is -2.49. The molecule has 1 amide bonds. The number of benzene rings is 1. The number of nitriles is 1. The smallest absolute Gasteiger partial charge is 0.268 e. The van der Waals surface area contributed by atoms with Crippen molar-refractivity contribution in [2.24, 2.45) is 0 Å². The van der Waals surface area contributed by atoms with Gasteiger partial charge in [0.15, 0.2) is 5.13 Å². The minimum Gasteiger partial charge on any atom is -0.297 e. The van der Waals surface area contributed by atoms with Crippen LogP contribution in [0.5, 0.6) is 0 Å². The summed E-state index contributed by atoms with van der Waals surface area (Å²) in [7, 11) is 0. The summed E-state index contributed by atoms with van der Waals surface area (Å²) in [5.41, 5.74) is 0.898. The van der Waals surface area contributed by atoms with Gasteiger partial charge in [0.1, 0.15) is 11.6 Å². The van der Waals surface area contributed by atoms with E-state index >= 15 is 0 Å². The van der Waals surface area contributed by atoms with Gasteiger partial charge in [-0.05, 0) is 29.7 Å². The minimum atomic E-state index is -0.440. The van der Waals surface area contributed by atoms with Crippen molar-refractivity contribution in [3.8, 4) is 6.07 Å². The average molecular weight is 311 g/mol. The molecule has 0 radical (unpaired) electrons. The van der Waals surface area contributed by atoms with E-state index in [9.17, 15) is 4.79 Å². The van der Waals surface area contributed by atoms with Crippen LogP contribution >= 0.6 is 22.7 Å². The van der Waals surface area contributed by atoms with Crippen LogP contribution in [0.2, 0.25) is 0 Å². The van der Waals surface area contributed by atoms with Gasteiger partial charge >= 0.3 is 0 Å². The van der Waals surface area contributed by atoms with Gasteiger partial charge in [-0.1, -0.05) is 29.5 Å². The van der Waals surface area contributed by atoms with Crippen LogP contribution in [-0.2, 0) is 4.79 Å². The van der Waals surface area contributed by atoms with Crippen LogP contribution in [-0.4, -0.2) is 10.9 Å². The highest BCUT2D eigenvalue weighted by molar-refractivity contribution is 7.22. The quantitative estimate of drug-likeness (QED) is 0.589. The first-order chi connectivity index (χ1) is 10.3. The number of nitrogens with one attached hydrogen (secondary N) is 1. The highest BCUT2D eigenvalue weighted by Crippen LogP contribution is 2.25. The number of hydrogen-bond acceptors (Lipinski definition) is 5. The van der Waals surface area contributed by atoms with Gasteiger partial charge in [0.05, 0.1) is 10.2 Å². The number of anilines is 1. The molecule has 6 heteroatoms. The van der Waals surface area contributed by atoms with E-state index in [4.69, 9.17) is 5.26 Å². The van der Waals surface area contributed by atoms with Crippen LogP contribution in [0.4, 0.5) is 5.13 Å². The highest BCUT2D eigenvalue weighted by atomic mass is 32.1. The maximum absolute atomic E-state index is 12.1. The molecule has 2 heterocycles. The monoisotopic (exact) mass is 311 g/mol. The molecule has 1 N–H and O–H groups in total. The number of thiophene rings is 1. The molecule has 102 valence electrons. The number of fused-ring (bicyclic) bond motifs is 1. The molecule has 0 saturated carbocycles. The lowest BCUT2D eigenvalue weighted by atomic mass is 10.2. The Morgan fingerprint density at radius 2 is 2.14 bits per heavy atom. The van der Waals surface area contributed by atoms with Crippen molar-refractivity contribution in [3.05, 3.63) is 52.2 Å². The molecular weight excluding hydrogens is 302 g/mol. The lowest BCUT2D eigenvalue weighted by Gasteiger charge is -1.98. The third kappa shape index (κ3) is 2.99. The van der Waals surface area contributed by atoms with Crippen molar-refractivity contribution in [1.82, 2.24) is 4.98 Å². The van der Waals surface area contributed by atoms with E-state index in [0.717, 1.165) is 15.1 Å². The number of nitrogens with zero attached hydrogens (tertiary/aromatic N) is 2. The predicted octanol–water partition coefficient (Wildman–Crippen LogP) is 3.90. The van der Waals surface area contributed by atoms with E-state index in [0.29, 0.717) is 5.13 Å². The zero-order valence-corrected chi connectivity index (χ0v) is 12.4. The summed E-state index contributed by atoms with van der Waals surface area (Å²) in [6.45, 7) is 0. The zero-order chi connectivity index (χ0) is 14.7. The zero-order valence-electron chi connectivity index (χ0n) is 10.7. The van der Waals surface area contributed by atoms with E-state index < -0.39 is 5.91 Å². The molecule has 3 rings (SSSR count). The average Bonchev–Trinajstić information content (AvgIpc) is 3.13. The first-order valence-corrected chi connectivity index (χ1v) is 7.78. The van der Waals surface area contributed by atoms with Gasteiger partial charge in [-0.15, -0.1) is 11.3 Å². The first-order valence-electron chi connectivity index (χ1n) is 6.08. The summed E-state index contributed by atoms with van der Waals surface area (Å²) in [6.07, 6.45) is 1.58. The van der Waals surface area contributed by atoms with Crippen LogP contribution in [0.25, 0.3) is 16.3 Å². The molecule has 2 aromatic heterocycles. The molecule has 0 aliphatic carbocycles. The molecule has 0 fully saturated rings. The molecule has 21 heavy (non-hydrogen) atoms. The summed E-state index contributed by atoms with van der Waals surface area (Å²) < 4.78 is 0.994. The Morgan fingerprint density at radius 3 is 2.86 bits per heavy atom. The predicted molar refractivity (Wildman–Crippen MR) is 86.2 cm³/mol. The van der Waals surface area contributed by atoms with Gasteiger partial charge in [-0.25, -0.2) is 4.98 Å². The van der Waals surface area contributed by atoms with Crippen molar-refractivity contribution < 1.29 is 4.79 Å². The molecule has 0 spiro atoms. The van der Waals surface area contributed by atoms with E-state index in [1.165, 1.54) is 22.7 Å². The number of aromatic nitrogens is 1. The summed E-state index contributed by atoms with van der Waals surface area (Å²) in [4.78, 5) is 17.3. The standard InChI is InChI=1S/C15H9N3OS2/c16-9-10(8-11-4-3-7-20-11)14(19)18-15-17-12-5-1-2-6-13(12)21-15/h1-8H,(H,17,18,19)/b10-8+. The Balaban J connectivity index is 1.83. The van der Waals surface area contributed by atoms with Crippen molar-refractivity contribution in [3.63, 3.8) is 0 Å². The lowest BCUT2D eigenvalue weighted by molar-refractivity contribution is -0.112. The number of carbonyl (C=O) groups excluding carboxylic acids is 1. The Morgan fingerprint density at radius 1 is 1.29 bits per heavy atom. The van der Waals surface area contributed by atoms with Crippen LogP contribution < -0.4 is 5.32 Å². The second-order valence-corrected chi connectivity index (χ2v) is 6.14. The number of amides is 1. The van der Waals surface area contributed by atoms with E-state index in [1.54, 1.807) is 6.08 Å². The Labute approximate surface area is 129 Å². The number of rotatable bonds is 3. The maximum atomic E-state index is 12.1. The van der Waals surface area contributed by atoms with Gasteiger partial charge < -0.3 is 0 Å². The van der Waals surface area contributed by atoms with Crippen LogP contribution in [0, 0.1) is 11.3 Å². The summed E-state index contributed by atoms with van der Waals surface area (Å²) in [6, 6.07) is 13.3. The molecule has 0 aliphatic rings. The van der Waals surface area contributed by atoms with Crippen LogP contribution in [0.1, 0.15) is 4.88 Å². The van der Waals surface area contributed by atoms with Crippen molar-refractivity contribution in [2.45, 2.75) is 0 Å². The molecule has 0 saturated heterocycles. The largest absolute Gasteiger partial charge is 0.297 e. The SMILES string of the molecule is N#C/C(=C\c1cccs1)C(=O)Nc1nc2ccccc2s1. The number of hydrogen-bond donors (Lipinski definition) is 1. The molecule has 0 aliphatic heterocycles. The fourth-order valence-corrected chi connectivity index (χ4v) is 3.27. The van der Waals surface area contributed by atoms with Gasteiger partial charge in [0.2, 0.25) is 0 Å². The summed E-state index contributed by atoms with van der Waals surface area (Å²) in [5.74, 6) is -0.440. The second-order valence-electron chi connectivity index (χ2n) is 4.13. The van der Waals surface area contributed by atoms with Gasteiger partial charge in [0, 0.05) is 4.88 Å². The number of thiazole rings is 1. The van der Waals surface area contributed by atoms with Crippen LogP contribution in [0.3, 0.4) is 0 Å². The van der Waals surface area contributed by atoms with Crippen molar-refractivity contribution in [2.75, 3.05) is 5.32 Å². The molecule has 1 aromatic carbocycles. The Kier molecular flexibility index (Phi) is 3.77. The normalized spacial score (nSPS) is 11.3. The molecule has 3 aromatic rings. The van der Waals surface area contributed by atoms with Crippen molar-refractivity contribution in [1.29, 1.82) is 5.26 Å². The lowest BCUT2D eigenvalue weighted by Crippen LogP contribution is -2.13. The molecule has 4 nitrogen and oxygen atoms in total. The van der Waals surface area contributed by atoms with E-state index in [-0.39, 0.29) is 5.57 Å². The fourth-order valence-electron chi connectivity index (χ4n) is 1.75. The second kappa shape index (κ2) is 5.87. The molecule has 0 atom stereocenters. The third-order valence-electron chi connectivity index (χ3n) is 2.71. The third-order valence-corrected chi connectivity index (χ3v) is 4.48. The summed E-state index contributed by atoms with van der Waals surface area (Å²) >= 11 is 2.86. The van der Waals surface area contributed by atoms with E-state index in [1.807, 2.05) is 47.8 Å². The summed E-state index contributed by atoms with van der Waals surface area (Å²) in [5, 5.41) is 14.2. The first kappa shape index (κ1) is 13.5. The minimum absolute atomic E-state index is 0.0664. The molecule has 0 unspecified atom stereocenters. The number of para-hydroxylation sites is 1. The van der Waals surface area contributed by atoms with Gasteiger partial charge in [0.25, 0.3) is 5.91 Å². The van der Waals surface area contributed by atoms with Crippen LogP contribution in [0.15, 0.2) is 47.4 Å². The van der Waals surface area contributed by atoms with Crippen molar-refractivity contribution >= 4 is 50.0 Å². The maximum Gasteiger partial charge on any atom is 0.268 e. The molecular formula is C15H9N3OS2. The Bertz CT molecular complexity index is 824. The van der Waals surface area contributed by atoms with E-state index in [2.05, 4.69) is 10.3 Å².